The highest BCUT2D eigenvalue weighted by atomic mass is 35.6. The van der Waals surface area contributed by atoms with Crippen molar-refractivity contribution in [3.63, 3.8) is 0 Å². The summed E-state index contributed by atoms with van der Waals surface area (Å²) in [6.07, 6.45) is 0.0470. The molecule has 0 aliphatic heterocycles. The lowest BCUT2D eigenvalue weighted by atomic mass is 10.1. The van der Waals surface area contributed by atoms with Crippen LogP contribution in [0, 0.1) is 0 Å². The van der Waals surface area contributed by atoms with Crippen LogP contribution in [0.1, 0.15) is 26.7 Å². The second-order valence-corrected chi connectivity index (χ2v) is 10.6. The molecule has 0 unspecified atom stereocenters. The summed E-state index contributed by atoms with van der Waals surface area (Å²) in [6.45, 7) is 2.78. The monoisotopic (exact) mass is 784 g/mol. The predicted molar refractivity (Wildman–Crippen MR) is 161 cm³/mol. The lowest BCUT2D eigenvalue weighted by molar-refractivity contribution is -0.118. The minimum atomic E-state index is -1.21. The van der Waals surface area contributed by atoms with Crippen molar-refractivity contribution < 1.29 is 9.59 Å². The van der Waals surface area contributed by atoms with E-state index in [0.29, 0.717) is 0 Å². The average Bonchev–Trinajstić information content (AvgIpc) is 2.57. The topological polar surface area (TPSA) is 34.1 Å². The fourth-order valence-corrected chi connectivity index (χ4v) is 1.54. The molecule has 0 saturated heterocycles. The normalized spacial score (nSPS) is 7.81. The van der Waals surface area contributed by atoms with Crippen molar-refractivity contribution in [3.05, 3.63) is 0 Å². The van der Waals surface area contributed by atoms with E-state index in [1.807, 2.05) is 0 Å². The molecule has 0 aliphatic rings. The Balaban J connectivity index is -0.0000000384. The van der Waals surface area contributed by atoms with Crippen LogP contribution in [-0.2, 0) is 9.59 Å². The molecule has 0 aromatic rings. The minimum absolute atomic E-state index is 0.0235. The third-order valence-corrected chi connectivity index (χ3v) is 1.55. The molecule has 0 aromatic carbocycles. The molecule has 0 saturated carbocycles. The van der Waals surface area contributed by atoms with E-state index in [4.69, 9.17) is 186 Å². The van der Waals surface area contributed by atoms with E-state index in [2.05, 4.69) is 0 Å². The maximum absolute atomic E-state index is 10.6. The molecule has 0 rings (SSSR count). The standard InChI is InChI=1S/C7H10Cl2O2.7CH2Cl2/c1-5(10)3-7(8,9)4-6(2)11;7*2-1-3/h3-4H2,1-2H3;7*1H2. The van der Waals surface area contributed by atoms with E-state index in [1.165, 1.54) is 13.8 Å². The zero-order valence-corrected chi connectivity index (χ0v) is 28.8. The largest absolute Gasteiger partial charge is 0.300 e. The molecule has 0 aliphatic carbocycles. The molecule has 0 N–H and O–H groups in total. The minimum Gasteiger partial charge on any atom is -0.300 e. The molecule has 0 atom stereocenters. The number of alkyl halides is 16. The maximum Gasteiger partial charge on any atom is 0.132 e. The summed E-state index contributed by atoms with van der Waals surface area (Å²) in [5, 5.41) is 1.36. The number of rotatable bonds is 4. The van der Waals surface area contributed by atoms with Gasteiger partial charge in [-0.25, -0.2) is 0 Å². The number of ketones is 2. The molecular weight excluding hydrogens is 767 g/mol. The fraction of sp³-hybridized carbons (Fsp3) is 0.857. The molecule has 0 amide bonds. The van der Waals surface area contributed by atoms with Gasteiger partial charge in [-0.1, -0.05) is 0 Å². The van der Waals surface area contributed by atoms with E-state index < -0.39 is 4.33 Å². The van der Waals surface area contributed by atoms with Crippen LogP contribution in [0.5, 0.6) is 0 Å². The molecule has 0 heterocycles. The Bertz CT molecular complexity index is 248. The van der Waals surface area contributed by atoms with Crippen molar-refractivity contribution in [1.29, 1.82) is 0 Å². The van der Waals surface area contributed by atoms with E-state index in [1.54, 1.807) is 0 Å². The van der Waals surface area contributed by atoms with Crippen molar-refractivity contribution in [1.82, 2.24) is 0 Å². The number of halogens is 16. The van der Waals surface area contributed by atoms with E-state index in [9.17, 15) is 9.59 Å². The second kappa shape index (κ2) is 64.7. The van der Waals surface area contributed by atoms with E-state index in [-0.39, 0.29) is 61.8 Å². The van der Waals surface area contributed by atoms with Crippen molar-refractivity contribution >= 4 is 197 Å². The van der Waals surface area contributed by atoms with Gasteiger partial charge in [0.25, 0.3) is 0 Å². The molecule has 0 radical (unpaired) electrons. The van der Waals surface area contributed by atoms with Gasteiger partial charge in [0.2, 0.25) is 0 Å². The van der Waals surface area contributed by atoms with Crippen LogP contribution in [0.2, 0.25) is 0 Å². The smallest absolute Gasteiger partial charge is 0.132 e. The Hall–Kier alpha value is 3.98. The van der Waals surface area contributed by atoms with Crippen LogP contribution >= 0.6 is 186 Å². The summed E-state index contributed by atoms with van der Waals surface area (Å²) in [5.41, 5.74) is 0. The van der Waals surface area contributed by atoms with Crippen LogP contribution in [0.4, 0.5) is 0 Å². The number of hydrogen-bond acceptors (Lipinski definition) is 2. The third-order valence-electron chi connectivity index (χ3n) is 1.02. The molecule has 18 heteroatoms. The van der Waals surface area contributed by atoms with Crippen molar-refractivity contribution in [2.45, 2.75) is 31.0 Å². The summed E-state index contributed by atoms with van der Waals surface area (Å²) in [6, 6.07) is 0. The van der Waals surface area contributed by atoms with Crippen molar-refractivity contribution in [3.8, 4) is 0 Å². The van der Waals surface area contributed by atoms with Gasteiger partial charge in [0.05, 0.1) is 37.4 Å². The van der Waals surface area contributed by atoms with Gasteiger partial charge in [-0.05, 0) is 13.8 Å². The Labute approximate surface area is 272 Å². The van der Waals surface area contributed by atoms with Gasteiger partial charge in [-0.15, -0.1) is 186 Å². The van der Waals surface area contributed by atoms with Gasteiger partial charge < -0.3 is 0 Å². The average molecular weight is 792 g/mol. The number of hydrogen-bond donors (Lipinski definition) is 0. The lowest BCUT2D eigenvalue weighted by Gasteiger charge is -2.15. The Morgan fingerprint density at radius 1 is 0.438 bits per heavy atom. The van der Waals surface area contributed by atoms with Crippen LogP contribution in [-0.4, -0.2) is 53.3 Å². The molecule has 0 bridgehead atoms. The summed E-state index contributed by atoms with van der Waals surface area (Å²) in [5.74, 6) is -0.229. The summed E-state index contributed by atoms with van der Waals surface area (Å²) in [7, 11) is 0. The Morgan fingerprint density at radius 2 is 0.531 bits per heavy atom. The highest BCUT2D eigenvalue weighted by Crippen LogP contribution is 2.29. The Morgan fingerprint density at radius 3 is 0.594 bits per heavy atom. The summed E-state index contributed by atoms with van der Waals surface area (Å²) >= 11 is 78.0. The highest BCUT2D eigenvalue weighted by Gasteiger charge is 2.27. The van der Waals surface area contributed by atoms with Crippen LogP contribution in [0.15, 0.2) is 0 Å². The highest BCUT2D eigenvalue weighted by molar-refractivity contribution is 6.50. The summed E-state index contributed by atoms with van der Waals surface area (Å²) in [4.78, 5) is 21.1. The van der Waals surface area contributed by atoms with Gasteiger partial charge in [-0.2, -0.15) is 0 Å². The molecule has 0 aromatic heterocycles. The first-order valence-electron chi connectivity index (χ1n) is 6.94. The van der Waals surface area contributed by atoms with Crippen LogP contribution in [0.3, 0.4) is 0 Å². The van der Waals surface area contributed by atoms with Gasteiger partial charge in [0.1, 0.15) is 15.9 Å². The second-order valence-electron chi connectivity index (χ2n) is 3.32. The first-order chi connectivity index (χ1) is 14.7. The van der Waals surface area contributed by atoms with Crippen molar-refractivity contribution in [2.24, 2.45) is 0 Å². The van der Waals surface area contributed by atoms with E-state index in [0.717, 1.165) is 0 Å². The SMILES string of the molecule is CC(=O)CC(Cl)(Cl)CC(C)=O.ClCCl.ClCCl.ClCCl.ClCCl.ClCCl.ClCCl.ClCCl. The van der Waals surface area contributed by atoms with Gasteiger partial charge in [0, 0.05) is 12.8 Å². The first-order valence-corrected chi connectivity index (χ1v) is 15.2. The number of carbonyl (C=O) groups is 2. The zero-order valence-electron chi connectivity index (χ0n) is 16.7. The van der Waals surface area contributed by atoms with Gasteiger partial charge >= 0.3 is 0 Å². The number of carbonyl (C=O) groups excluding carboxylic acids is 2. The van der Waals surface area contributed by atoms with E-state index >= 15 is 0 Å². The number of Topliss-reactive ketones (excluding diaryl/α,β-unsaturated/α-hetero) is 2. The zero-order chi connectivity index (χ0) is 28.0. The van der Waals surface area contributed by atoms with Crippen LogP contribution in [0.25, 0.3) is 0 Å². The fourth-order valence-electron chi connectivity index (χ4n) is 0.791. The molecular formula is C14H24Cl16O2. The van der Waals surface area contributed by atoms with Gasteiger partial charge in [-0.3, -0.25) is 9.59 Å². The summed E-state index contributed by atoms with van der Waals surface area (Å²) < 4.78 is -1.21. The molecule has 0 spiro atoms. The third kappa shape index (κ3) is 189. The Kier molecular flexibility index (Phi) is 114. The first kappa shape index (κ1) is 56.2. The van der Waals surface area contributed by atoms with Crippen LogP contribution < -0.4 is 0 Å². The molecule has 0 fully saturated rings. The maximum atomic E-state index is 10.6. The molecule has 204 valence electrons. The predicted octanol–water partition coefficient (Wildman–Crippen LogP) is 12.1. The molecule has 2 nitrogen and oxygen atoms in total. The molecule has 32 heavy (non-hydrogen) atoms. The van der Waals surface area contributed by atoms with Gasteiger partial charge in [0.15, 0.2) is 0 Å². The quantitative estimate of drug-likeness (QED) is 0.266. The lowest BCUT2D eigenvalue weighted by Crippen LogP contribution is -2.20. The van der Waals surface area contributed by atoms with Crippen molar-refractivity contribution in [2.75, 3.05) is 37.4 Å².